The smallest absolute Gasteiger partial charge is 0.324 e. The summed E-state index contributed by atoms with van der Waals surface area (Å²) in [6, 6.07) is 22.4. The van der Waals surface area contributed by atoms with Gasteiger partial charge in [-0.1, -0.05) is 75.4 Å². The van der Waals surface area contributed by atoms with Crippen LogP contribution in [-0.2, 0) is 12.5 Å². The minimum atomic E-state index is -0.0411. The lowest BCUT2D eigenvalue weighted by atomic mass is 9.85. The summed E-state index contributed by atoms with van der Waals surface area (Å²) in [4.78, 5) is 34.0. The Hall–Kier alpha value is -5.38. The van der Waals surface area contributed by atoms with E-state index in [-0.39, 0.29) is 5.41 Å². The zero-order valence-corrected chi connectivity index (χ0v) is 22.9. The van der Waals surface area contributed by atoms with E-state index in [0.29, 0.717) is 46.9 Å². The molecule has 4 aliphatic rings. The molecular formula is C31H25N10+. The number of hydrogen-bond donors (Lipinski definition) is 2. The van der Waals surface area contributed by atoms with Crippen LogP contribution >= 0.6 is 0 Å². The van der Waals surface area contributed by atoms with Gasteiger partial charge in [0.25, 0.3) is 0 Å². The van der Waals surface area contributed by atoms with Crippen molar-refractivity contribution in [3.63, 3.8) is 0 Å². The molecule has 2 N–H and O–H groups in total. The summed E-state index contributed by atoms with van der Waals surface area (Å²) >= 11 is 0. The van der Waals surface area contributed by atoms with Gasteiger partial charge in [0, 0.05) is 33.4 Å². The number of H-pyrrole nitrogens is 1. The number of aromatic nitrogens is 3. The monoisotopic (exact) mass is 537 g/mol. The Morgan fingerprint density at radius 2 is 1.12 bits per heavy atom. The summed E-state index contributed by atoms with van der Waals surface area (Å²) in [7, 11) is 1.84. The van der Waals surface area contributed by atoms with E-state index in [1.165, 1.54) is 5.56 Å². The van der Waals surface area contributed by atoms with E-state index in [1.54, 1.807) is 4.68 Å². The third-order valence-electron chi connectivity index (χ3n) is 7.50. The average molecular weight is 538 g/mol. The molecule has 198 valence electrons. The van der Waals surface area contributed by atoms with Crippen molar-refractivity contribution >= 4 is 46.9 Å². The number of nitrogens with zero attached hydrogens (tertiary/aromatic N) is 8. The van der Waals surface area contributed by atoms with Crippen LogP contribution in [0.4, 0.5) is 11.9 Å². The lowest BCUT2D eigenvalue weighted by Crippen LogP contribution is -2.30. The van der Waals surface area contributed by atoms with Crippen molar-refractivity contribution in [2.24, 2.45) is 37.0 Å². The van der Waals surface area contributed by atoms with Gasteiger partial charge in [-0.25, -0.2) is 15.0 Å². The first kappa shape index (κ1) is 23.5. The van der Waals surface area contributed by atoms with Crippen LogP contribution in [0.15, 0.2) is 96.7 Å². The number of fused-ring (bicyclic) bond motifs is 14. The van der Waals surface area contributed by atoms with E-state index < -0.39 is 0 Å². The zero-order chi connectivity index (χ0) is 27.9. The minimum absolute atomic E-state index is 0.0411. The fourth-order valence-corrected chi connectivity index (χ4v) is 5.32. The molecule has 4 aromatic rings. The van der Waals surface area contributed by atoms with Crippen molar-refractivity contribution in [3.05, 3.63) is 106 Å². The molecule has 3 aromatic carbocycles. The summed E-state index contributed by atoms with van der Waals surface area (Å²) in [5.74, 6) is 4.39. The van der Waals surface area contributed by atoms with Crippen molar-refractivity contribution in [2.45, 2.75) is 26.2 Å². The SMILES string of the molecule is C[n+]1[nH]c2nc1N=C1N=C(NC3=NC(=NC4=NC(=N2)c2ccccc24)c2cc(C(C)(C)C)ccc23)c2ccccc21. The second-order valence-electron chi connectivity index (χ2n) is 11.3. The molecule has 8 bridgehead atoms. The molecule has 41 heavy (non-hydrogen) atoms. The van der Waals surface area contributed by atoms with Crippen LogP contribution < -0.4 is 10.00 Å². The second kappa shape index (κ2) is 8.31. The Balaban J connectivity index is 1.39. The van der Waals surface area contributed by atoms with Crippen LogP contribution in [0.25, 0.3) is 0 Å². The highest BCUT2D eigenvalue weighted by molar-refractivity contribution is 6.33. The van der Waals surface area contributed by atoms with E-state index in [2.05, 4.69) is 54.4 Å². The highest BCUT2D eigenvalue weighted by atomic mass is 15.4. The molecule has 10 heteroatoms. The fourth-order valence-electron chi connectivity index (χ4n) is 5.32. The second-order valence-corrected chi connectivity index (χ2v) is 11.3. The highest BCUT2D eigenvalue weighted by Crippen LogP contribution is 2.30. The molecule has 1 aromatic heterocycles. The van der Waals surface area contributed by atoms with Gasteiger partial charge < -0.3 is 5.32 Å². The Bertz CT molecular complexity index is 2010. The number of hydrogen-bond acceptors (Lipinski definition) is 8. The summed E-state index contributed by atoms with van der Waals surface area (Å²) in [6.45, 7) is 6.60. The summed E-state index contributed by atoms with van der Waals surface area (Å²) in [6.07, 6.45) is 0. The van der Waals surface area contributed by atoms with Crippen LogP contribution in [0.1, 0.15) is 59.7 Å². The summed E-state index contributed by atoms with van der Waals surface area (Å²) in [5, 5.41) is 6.67. The number of aliphatic imine (C=N–C) groups is 6. The lowest BCUT2D eigenvalue weighted by molar-refractivity contribution is -0.714. The van der Waals surface area contributed by atoms with Gasteiger partial charge in [-0.15, -0.1) is 0 Å². The number of nitrogens with one attached hydrogen (secondary N) is 2. The first-order valence-electron chi connectivity index (χ1n) is 13.4. The van der Waals surface area contributed by atoms with E-state index >= 15 is 0 Å². The van der Waals surface area contributed by atoms with Gasteiger partial charge in [0.2, 0.25) is 5.84 Å². The number of amidine groups is 6. The van der Waals surface area contributed by atoms with Crippen molar-refractivity contribution in [2.75, 3.05) is 0 Å². The van der Waals surface area contributed by atoms with Gasteiger partial charge in [-0.3, -0.25) is 0 Å². The molecule has 0 fully saturated rings. The molecule has 0 radical (unpaired) electrons. The Morgan fingerprint density at radius 3 is 1.78 bits per heavy atom. The molecule has 5 heterocycles. The molecule has 0 saturated heterocycles. The Kier molecular flexibility index (Phi) is 4.76. The predicted octanol–water partition coefficient (Wildman–Crippen LogP) is 4.02. The van der Waals surface area contributed by atoms with Gasteiger partial charge >= 0.3 is 11.9 Å². The third-order valence-corrected chi connectivity index (χ3v) is 7.50. The van der Waals surface area contributed by atoms with Crippen molar-refractivity contribution < 1.29 is 4.68 Å². The van der Waals surface area contributed by atoms with E-state index in [1.807, 2.05) is 55.6 Å². The molecule has 0 unspecified atom stereocenters. The van der Waals surface area contributed by atoms with Crippen LogP contribution in [0.3, 0.4) is 0 Å². The van der Waals surface area contributed by atoms with Crippen LogP contribution in [0, 0.1) is 0 Å². The number of aromatic amines is 1. The van der Waals surface area contributed by atoms with Gasteiger partial charge in [0.05, 0.1) is 7.05 Å². The molecule has 10 nitrogen and oxygen atoms in total. The molecule has 8 rings (SSSR count). The highest BCUT2D eigenvalue weighted by Gasteiger charge is 2.32. The first-order chi connectivity index (χ1) is 19.8. The lowest BCUT2D eigenvalue weighted by Gasteiger charge is -2.20. The summed E-state index contributed by atoms with van der Waals surface area (Å²) in [5.41, 5.74) is 6.67. The van der Waals surface area contributed by atoms with E-state index in [4.69, 9.17) is 30.0 Å². The van der Waals surface area contributed by atoms with Crippen LogP contribution in [0.2, 0.25) is 0 Å². The predicted molar refractivity (Wildman–Crippen MR) is 159 cm³/mol. The Morgan fingerprint density at radius 1 is 0.585 bits per heavy atom. The van der Waals surface area contributed by atoms with E-state index in [9.17, 15) is 0 Å². The minimum Gasteiger partial charge on any atom is -0.324 e. The van der Waals surface area contributed by atoms with Gasteiger partial charge in [0.1, 0.15) is 11.7 Å². The van der Waals surface area contributed by atoms with Gasteiger partial charge in [0.15, 0.2) is 17.5 Å². The van der Waals surface area contributed by atoms with Crippen molar-refractivity contribution in [1.29, 1.82) is 0 Å². The molecular weight excluding hydrogens is 512 g/mol. The molecule has 4 aliphatic heterocycles. The molecule has 0 aliphatic carbocycles. The van der Waals surface area contributed by atoms with Gasteiger partial charge in [-0.05, 0) is 33.1 Å². The number of aryl methyl sites for hydroxylation is 1. The zero-order valence-electron chi connectivity index (χ0n) is 22.9. The van der Waals surface area contributed by atoms with E-state index in [0.717, 1.165) is 33.4 Å². The molecule has 0 saturated carbocycles. The van der Waals surface area contributed by atoms with Gasteiger partial charge in [-0.2, -0.15) is 19.8 Å². The van der Waals surface area contributed by atoms with Crippen molar-refractivity contribution in [1.82, 2.24) is 15.4 Å². The Labute approximate surface area is 235 Å². The van der Waals surface area contributed by atoms with Crippen LogP contribution in [0.5, 0.6) is 0 Å². The maximum atomic E-state index is 5.03. The quantitative estimate of drug-likeness (QED) is 0.330. The number of rotatable bonds is 0. The topological polar surface area (TPSA) is 119 Å². The average Bonchev–Trinajstić information content (AvgIpc) is 3.68. The first-order valence-corrected chi connectivity index (χ1v) is 13.4. The largest absolute Gasteiger partial charge is 0.456 e. The normalized spacial score (nSPS) is 16.4. The molecule has 0 atom stereocenters. The standard InChI is InChI=1S/C31H24N10/c1-31(2,3)16-13-14-21-22(15-16)28-35-24-17-9-5-7-11-19(17)26(33-24)37-29-39-30(41(4)40-29)38-27-20-12-8-6-10-18(20)23(34-27)32-25(21)36-28/h5-15H,1-4H3,(H,32,33,34,35,36,37,38,39,40)/p+1. The maximum Gasteiger partial charge on any atom is 0.456 e. The van der Waals surface area contributed by atoms with Crippen molar-refractivity contribution in [3.8, 4) is 0 Å². The summed E-state index contributed by atoms with van der Waals surface area (Å²) < 4.78 is 1.72. The van der Waals surface area contributed by atoms with Crippen LogP contribution in [-0.4, -0.2) is 45.1 Å². The maximum absolute atomic E-state index is 5.03. The molecule has 0 spiro atoms. The fraction of sp³-hybridized carbons (Fsp3) is 0.161. The molecule has 0 amide bonds. The third kappa shape index (κ3) is 3.71. The number of benzene rings is 3.